The van der Waals surface area contributed by atoms with Crippen LogP contribution in [0.1, 0.15) is 25.7 Å². The third-order valence-electron chi connectivity index (χ3n) is 2.45. The van der Waals surface area contributed by atoms with Crippen LogP contribution in [0.15, 0.2) is 0 Å². The van der Waals surface area contributed by atoms with Gasteiger partial charge in [-0.15, -0.1) is 0 Å². The molecule has 76 valence electrons. The van der Waals surface area contributed by atoms with Gasteiger partial charge in [-0.25, -0.2) is 9.18 Å². The summed E-state index contributed by atoms with van der Waals surface area (Å²) in [5, 5.41) is 8.08. The zero-order valence-electron chi connectivity index (χ0n) is 6.97. The van der Waals surface area contributed by atoms with E-state index in [4.69, 9.17) is 5.11 Å². The topological polar surface area (TPSA) is 37.3 Å². The molecule has 0 radical (unpaired) electrons. The van der Waals surface area contributed by atoms with Gasteiger partial charge in [0.2, 0.25) is 0 Å². The highest BCUT2D eigenvalue weighted by Gasteiger charge is 2.52. The van der Waals surface area contributed by atoms with E-state index in [0.717, 1.165) is 0 Å². The fourth-order valence-electron chi connectivity index (χ4n) is 1.66. The van der Waals surface area contributed by atoms with Crippen molar-refractivity contribution in [2.45, 2.75) is 37.8 Å². The van der Waals surface area contributed by atoms with E-state index in [1.54, 1.807) is 0 Å². The van der Waals surface area contributed by atoms with Crippen LogP contribution in [0.5, 0.6) is 0 Å². The fraction of sp³-hybridized carbons (Fsp3) is 0.875. The number of hydrogen-bond acceptors (Lipinski definition) is 1. The van der Waals surface area contributed by atoms with E-state index in [2.05, 4.69) is 0 Å². The van der Waals surface area contributed by atoms with Gasteiger partial charge < -0.3 is 5.11 Å². The number of hydrogen-bond donors (Lipinski definition) is 1. The summed E-state index contributed by atoms with van der Waals surface area (Å²) in [7, 11) is 0. The summed E-state index contributed by atoms with van der Waals surface area (Å²) in [5.74, 6) is -7.38. The molecular formula is C8H11F3O2. The molecule has 1 fully saturated rings. The second-order valence-corrected chi connectivity index (χ2v) is 3.37. The van der Waals surface area contributed by atoms with Crippen LogP contribution in [0, 0.1) is 5.92 Å². The summed E-state index contributed by atoms with van der Waals surface area (Å²) < 4.78 is 38.2. The summed E-state index contributed by atoms with van der Waals surface area (Å²) in [6.45, 7) is 0. The zero-order chi connectivity index (χ0) is 10.1. The van der Waals surface area contributed by atoms with Crippen LogP contribution in [0.2, 0.25) is 0 Å². The van der Waals surface area contributed by atoms with Gasteiger partial charge in [0.1, 0.15) is 0 Å². The molecule has 1 N–H and O–H groups in total. The van der Waals surface area contributed by atoms with Gasteiger partial charge in [0.25, 0.3) is 0 Å². The molecule has 0 bridgehead atoms. The molecule has 1 atom stereocenters. The molecular weight excluding hydrogens is 185 g/mol. The van der Waals surface area contributed by atoms with Crippen LogP contribution in [-0.4, -0.2) is 23.2 Å². The first-order chi connectivity index (χ1) is 5.96. The Kier molecular flexibility index (Phi) is 2.83. The summed E-state index contributed by atoms with van der Waals surface area (Å²) >= 11 is 0. The van der Waals surface area contributed by atoms with Crippen LogP contribution < -0.4 is 0 Å². The van der Waals surface area contributed by atoms with E-state index in [1.807, 2.05) is 0 Å². The van der Waals surface area contributed by atoms with Gasteiger partial charge >= 0.3 is 11.9 Å². The highest BCUT2D eigenvalue weighted by Crippen LogP contribution is 2.37. The highest BCUT2D eigenvalue weighted by atomic mass is 19.3. The summed E-state index contributed by atoms with van der Waals surface area (Å²) in [6, 6.07) is 0. The van der Waals surface area contributed by atoms with Crippen molar-refractivity contribution in [2.75, 3.05) is 0 Å². The Labute approximate surface area is 73.7 Å². The molecule has 1 saturated carbocycles. The van der Waals surface area contributed by atoms with E-state index < -0.39 is 24.0 Å². The number of halogens is 3. The maximum Gasteiger partial charge on any atom is 0.377 e. The van der Waals surface area contributed by atoms with E-state index in [0.29, 0.717) is 25.7 Å². The second kappa shape index (κ2) is 3.55. The normalized spacial score (nSPS) is 21.8. The largest absolute Gasteiger partial charge is 0.477 e. The molecule has 1 unspecified atom stereocenters. The van der Waals surface area contributed by atoms with E-state index >= 15 is 0 Å². The van der Waals surface area contributed by atoms with Crippen LogP contribution in [0.4, 0.5) is 13.2 Å². The molecule has 1 aliphatic rings. The molecule has 5 heteroatoms. The second-order valence-electron chi connectivity index (χ2n) is 3.37. The molecule has 0 aromatic heterocycles. The van der Waals surface area contributed by atoms with Gasteiger partial charge in [0, 0.05) is 0 Å². The van der Waals surface area contributed by atoms with Gasteiger partial charge in [-0.3, -0.25) is 0 Å². The molecule has 0 aliphatic heterocycles. The zero-order valence-corrected chi connectivity index (χ0v) is 6.97. The molecule has 1 aliphatic carbocycles. The van der Waals surface area contributed by atoms with Crippen molar-refractivity contribution >= 4 is 5.97 Å². The lowest BCUT2D eigenvalue weighted by molar-refractivity contribution is -0.178. The van der Waals surface area contributed by atoms with Gasteiger partial charge in [-0.1, -0.05) is 12.8 Å². The van der Waals surface area contributed by atoms with Gasteiger partial charge in [0.05, 0.1) is 0 Å². The van der Waals surface area contributed by atoms with Crippen molar-refractivity contribution in [2.24, 2.45) is 5.92 Å². The Hall–Kier alpha value is -0.740. The predicted molar refractivity (Wildman–Crippen MR) is 39.4 cm³/mol. The maximum absolute atomic E-state index is 13.0. The first-order valence-corrected chi connectivity index (χ1v) is 4.21. The van der Waals surface area contributed by atoms with Crippen molar-refractivity contribution < 1.29 is 23.1 Å². The standard InChI is InChI=1S/C8H11F3O2/c9-6(5-3-1-2-4-5)8(10,11)7(12)13/h5-6H,1-4H2,(H,12,13). The quantitative estimate of drug-likeness (QED) is 0.751. The van der Waals surface area contributed by atoms with Crippen molar-refractivity contribution in [3.05, 3.63) is 0 Å². The van der Waals surface area contributed by atoms with E-state index in [9.17, 15) is 18.0 Å². The summed E-state index contributed by atoms with van der Waals surface area (Å²) in [5.41, 5.74) is 0. The fourth-order valence-corrected chi connectivity index (χ4v) is 1.66. The summed E-state index contributed by atoms with van der Waals surface area (Å²) in [6.07, 6.45) is -0.386. The van der Waals surface area contributed by atoms with E-state index in [1.165, 1.54) is 0 Å². The molecule has 1 rings (SSSR count). The van der Waals surface area contributed by atoms with Gasteiger partial charge in [-0.2, -0.15) is 8.78 Å². The molecule has 0 aromatic rings. The minimum atomic E-state index is -4.23. The van der Waals surface area contributed by atoms with Crippen LogP contribution in [0.3, 0.4) is 0 Å². The molecule has 0 spiro atoms. The van der Waals surface area contributed by atoms with Crippen LogP contribution in [-0.2, 0) is 4.79 Å². The molecule has 0 saturated heterocycles. The number of carboxylic acid groups (broad SMARTS) is 1. The highest BCUT2D eigenvalue weighted by molar-refractivity contribution is 5.76. The van der Waals surface area contributed by atoms with Crippen molar-refractivity contribution in [3.8, 4) is 0 Å². The van der Waals surface area contributed by atoms with Crippen LogP contribution in [0.25, 0.3) is 0 Å². The van der Waals surface area contributed by atoms with Crippen LogP contribution >= 0.6 is 0 Å². The third-order valence-corrected chi connectivity index (χ3v) is 2.45. The molecule has 0 heterocycles. The number of aliphatic carboxylic acids is 1. The lowest BCUT2D eigenvalue weighted by Crippen LogP contribution is -2.42. The minimum Gasteiger partial charge on any atom is -0.477 e. The number of carboxylic acids is 1. The van der Waals surface area contributed by atoms with E-state index in [-0.39, 0.29) is 0 Å². The predicted octanol–water partition coefficient (Wildman–Crippen LogP) is 2.23. The monoisotopic (exact) mass is 196 g/mol. The minimum absolute atomic E-state index is 0.365. The smallest absolute Gasteiger partial charge is 0.377 e. The first kappa shape index (κ1) is 10.3. The molecule has 0 amide bonds. The average molecular weight is 196 g/mol. The first-order valence-electron chi connectivity index (χ1n) is 4.21. The molecule has 2 nitrogen and oxygen atoms in total. The Balaban J connectivity index is 2.64. The van der Waals surface area contributed by atoms with Gasteiger partial charge in [0.15, 0.2) is 6.17 Å². The Bertz CT molecular complexity index is 200. The third kappa shape index (κ3) is 1.95. The summed E-state index contributed by atoms with van der Waals surface area (Å²) in [4.78, 5) is 10.0. The lowest BCUT2D eigenvalue weighted by atomic mass is 9.97. The van der Waals surface area contributed by atoms with Crippen molar-refractivity contribution in [3.63, 3.8) is 0 Å². The number of rotatable bonds is 3. The average Bonchev–Trinajstić information content (AvgIpc) is 2.54. The Morgan fingerprint density at radius 1 is 1.38 bits per heavy atom. The number of carbonyl (C=O) groups is 1. The molecule has 0 aromatic carbocycles. The van der Waals surface area contributed by atoms with Gasteiger partial charge in [-0.05, 0) is 18.8 Å². The van der Waals surface area contributed by atoms with Crippen molar-refractivity contribution in [1.82, 2.24) is 0 Å². The SMILES string of the molecule is O=C(O)C(F)(F)C(F)C1CCCC1. The lowest BCUT2D eigenvalue weighted by Gasteiger charge is -2.21. The molecule has 13 heavy (non-hydrogen) atoms. The Morgan fingerprint density at radius 3 is 2.23 bits per heavy atom. The number of alkyl halides is 3. The Morgan fingerprint density at radius 2 is 1.85 bits per heavy atom. The maximum atomic E-state index is 13.0. The van der Waals surface area contributed by atoms with Crippen molar-refractivity contribution in [1.29, 1.82) is 0 Å².